The molecule has 0 spiro atoms. The minimum atomic E-state index is -0.939. The fourth-order valence-electron chi connectivity index (χ4n) is 4.27. The van der Waals surface area contributed by atoms with Crippen molar-refractivity contribution in [3.63, 3.8) is 0 Å². The number of imide groups is 2. The third-order valence-corrected chi connectivity index (χ3v) is 6.44. The van der Waals surface area contributed by atoms with Crippen LogP contribution in [0.5, 0.6) is 0 Å². The summed E-state index contributed by atoms with van der Waals surface area (Å²) in [6.45, 7) is 6.71. The molecular formula is C21H26N4O4. The molecular weight excluding hydrogens is 372 g/mol. The lowest BCUT2D eigenvalue weighted by molar-refractivity contribution is -0.136. The molecule has 2 fully saturated rings. The van der Waals surface area contributed by atoms with Gasteiger partial charge in [-0.2, -0.15) is 0 Å². The smallest absolute Gasteiger partial charge is 0.262 e. The molecule has 3 aliphatic rings. The number of hydrogen-bond acceptors (Lipinski definition) is 6. The predicted octanol–water partition coefficient (Wildman–Crippen LogP) is 0.647. The van der Waals surface area contributed by atoms with E-state index in [-0.39, 0.29) is 30.2 Å². The molecule has 154 valence electrons. The summed E-state index contributed by atoms with van der Waals surface area (Å²) in [6, 6.07) is 4.39. The minimum Gasteiger partial charge on any atom is -0.326 e. The van der Waals surface area contributed by atoms with E-state index in [2.05, 4.69) is 24.1 Å². The maximum Gasteiger partial charge on any atom is 0.262 e. The Kier molecular flexibility index (Phi) is 4.78. The monoisotopic (exact) mass is 398 g/mol. The molecule has 1 aromatic carbocycles. The fourth-order valence-corrected chi connectivity index (χ4v) is 4.27. The second kappa shape index (κ2) is 7.03. The second-order valence-electron chi connectivity index (χ2n) is 8.91. The number of piperidine rings is 2. The first kappa shape index (κ1) is 19.7. The number of fused-ring (bicyclic) bond motifs is 1. The Morgan fingerprint density at radius 2 is 1.86 bits per heavy atom. The van der Waals surface area contributed by atoms with E-state index in [9.17, 15) is 19.2 Å². The van der Waals surface area contributed by atoms with E-state index in [1.54, 1.807) is 12.1 Å². The summed E-state index contributed by atoms with van der Waals surface area (Å²) >= 11 is 0. The van der Waals surface area contributed by atoms with Crippen molar-refractivity contribution in [2.45, 2.75) is 51.7 Å². The molecule has 2 unspecified atom stereocenters. The molecule has 2 saturated heterocycles. The quantitative estimate of drug-likeness (QED) is 0.723. The van der Waals surface area contributed by atoms with Crippen molar-refractivity contribution in [3.8, 4) is 0 Å². The molecule has 1 aromatic rings. The van der Waals surface area contributed by atoms with Gasteiger partial charge in [0.05, 0.1) is 11.1 Å². The first-order chi connectivity index (χ1) is 13.7. The number of nitrogens with zero attached hydrogens (tertiary/aromatic N) is 2. The summed E-state index contributed by atoms with van der Waals surface area (Å²) in [5.74, 6) is -1.93. The van der Waals surface area contributed by atoms with Crippen LogP contribution in [0, 0.1) is 5.41 Å². The second-order valence-corrected chi connectivity index (χ2v) is 8.91. The summed E-state index contributed by atoms with van der Waals surface area (Å²) in [5.41, 5.74) is 7.97. The van der Waals surface area contributed by atoms with Crippen molar-refractivity contribution in [2.24, 2.45) is 11.1 Å². The molecule has 0 bridgehead atoms. The highest BCUT2D eigenvalue weighted by atomic mass is 16.2. The zero-order valence-corrected chi connectivity index (χ0v) is 16.7. The number of likely N-dealkylation sites (tertiary alicyclic amines) is 1. The van der Waals surface area contributed by atoms with E-state index in [4.69, 9.17) is 5.73 Å². The van der Waals surface area contributed by atoms with Crippen molar-refractivity contribution in [3.05, 3.63) is 34.9 Å². The average molecular weight is 398 g/mol. The van der Waals surface area contributed by atoms with Crippen molar-refractivity contribution < 1.29 is 19.2 Å². The number of rotatable bonds is 3. The minimum absolute atomic E-state index is 0.0805. The van der Waals surface area contributed by atoms with Crippen molar-refractivity contribution in [2.75, 3.05) is 13.1 Å². The molecule has 3 heterocycles. The van der Waals surface area contributed by atoms with Crippen LogP contribution in [0.1, 0.15) is 59.4 Å². The van der Waals surface area contributed by atoms with Crippen molar-refractivity contribution >= 4 is 23.6 Å². The van der Waals surface area contributed by atoms with Crippen LogP contribution in [-0.2, 0) is 16.1 Å². The summed E-state index contributed by atoms with van der Waals surface area (Å²) in [4.78, 5) is 52.5. The van der Waals surface area contributed by atoms with E-state index >= 15 is 0 Å². The van der Waals surface area contributed by atoms with Gasteiger partial charge in [0.2, 0.25) is 11.8 Å². The number of carbonyl (C=O) groups is 4. The number of amides is 4. The molecule has 4 amide bonds. The van der Waals surface area contributed by atoms with Crippen LogP contribution in [0.2, 0.25) is 0 Å². The summed E-state index contributed by atoms with van der Waals surface area (Å²) < 4.78 is 0. The number of hydrogen-bond donors (Lipinski definition) is 2. The highest BCUT2D eigenvalue weighted by Crippen LogP contribution is 2.31. The Labute approximate surface area is 169 Å². The maximum absolute atomic E-state index is 12.9. The molecule has 0 saturated carbocycles. The van der Waals surface area contributed by atoms with Gasteiger partial charge in [-0.05, 0) is 42.5 Å². The SMILES string of the molecule is CC1(C)CCN(Cc2ccc3c(c2)C(=O)N(C2CCC(=O)NC2=O)C3=O)CC1N. The molecule has 2 atom stereocenters. The molecule has 3 aliphatic heterocycles. The van der Waals surface area contributed by atoms with Gasteiger partial charge in [0.15, 0.2) is 0 Å². The molecule has 3 N–H and O–H groups in total. The van der Waals surface area contributed by atoms with Gasteiger partial charge in [-0.3, -0.25) is 34.3 Å². The average Bonchev–Trinajstić information content (AvgIpc) is 2.90. The lowest BCUT2D eigenvalue weighted by Gasteiger charge is -2.42. The molecule has 4 rings (SSSR count). The Morgan fingerprint density at radius 1 is 1.14 bits per heavy atom. The van der Waals surface area contributed by atoms with Crippen LogP contribution in [-0.4, -0.2) is 58.6 Å². The van der Waals surface area contributed by atoms with Crippen LogP contribution in [0.3, 0.4) is 0 Å². The lowest BCUT2D eigenvalue weighted by atomic mass is 9.78. The molecule has 29 heavy (non-hydrogen) atoms. The van der Waals surface area contributed by atoms with Gasteiger partial charge >= 0.3 is 0 Å². The Balaban J connectivity index is 1.52. The van der Waals surface area contributed by atoms with E-state index in [0.717, 1.165) is 30.0 Å². The molecule has 8 heteroatoms. The van der Waals surface area contributed by atoms with Crippen LogP contribution in [0.15, 0.2) is 18.2 Å². The Bertz CT molecular complexity index is 910. The number of nitrogens with one attached hydrogen (secondary N) is 1. The summed E-state index contributed by atoms with van der Waals surface area (Å²) in [7, 11) is 0. The highest BCUT2D eigenvalue weighted by molar-refractivity contribution is 6.23. The van der Waals surface area contributed by atoms with Gasteiger partial charge in [-0.15, -0.1) is 0 Å². The number of carbonyl (C=O) groups excluding carboxylic acids is 4. The van der Waals surface area contributed by atoms with Gasteiger partial charge < -0.3 is 5.73 Å². The molecule has 8 nitrogen and oxygen atoms in total. The van der Waals surface area contributed by atoms with Gasteiger partial charge in [0, 0.05) is 25.6 Å². The summed E-state index contributed by atoms with van der Waals surface area (Å²) in [6.07, 6.45) is 1.27. The molecule has 0 aliphatic carbocycles. The predicted molar refractivity (Wildman–Crippen MR) is 105 cm³/mol. The lowest BCUT2D eigenvalue weighted by Crippen LogP contribution is -2.54. The van der Waals surface area contributed by atoms with E-state index < -0.39 is 23.8 Å². The highest BCUT2D eigenvalue weighted by Gasteiger charge is 2.44. The largest absolute Gasteiger partial charge is 0.326 e. The van der Waals surface area contributed by atoms with Crippen molar-refractivity contribution in [1.82, 2.24) is 15.1 Å². The third kappa shape index (κ3) is 3.47. The maximum atomic E-state index is 12.9. The number of nitrogens with two attached hydrogens (primary N) is 1. The van der Waals surface area contributed by atoms with Crippen LogP contribution in [0.4, 0.5) is 0 Å². The zero-order chi connectivity index (χ0) is 20.9. The van der Waals surface area contributed by atoms with Gasteiger partial charge in [0.1, 0.15) is 6.04 Å². The fraction of sp³-hybridized carbons (Fsp3) is 0.524. The first-order valence-corrected chi connectivity index (χ1v) is 10.00. The first-order valence-electron chi connectivity index (χ1n) is 10.00. The topological polar surface area (TPSA) is 113 Å². The van der Waals surface area contributed by atoms with E-state index in [1.165, 1.54) is 0 Å². The van der Waals surface area contributed by atoms with Gasteiger partial charge in [-0.1, -0.05) is 19.9 Å². The van der Waals surface area contributed by atoms with Crippen LogP contribution in [0.25, 0.3) is 0 Å². The van der Waals surface area contributed by atoms with Gasteiger partial charge in [-0.25, -0.2) is 0 Å². The standard InChI is InChI=1S/C21H26N4O4/c1-21(2)7-8-24(11-16(21)22)10-12-3-4-13-14(9-12)20(29)25(19(13)28)15-5-6-17(26)23-18(15)27/h3-4,9,15-16H,5-8,10-11,22H2,1-2H3,(H,23,26,27). The third-order valence-electron chi connectivity index (χ3n) is 6.44. The summed E-state index contributed by atoms with van der Waals surface area (Å²) in [5, 5.41) is 2.21. The molecule has 0 radical (unpaired) electrons. The molecule has 0 aromatic heterocycles. The Hall–Kier alpha value is -2.58. The Morgan fingerprint density at radius 3 is 2.55 bits per heavy atom. The van der Waals surface area contributed by atoms with E-state index in [0.29, 0.717) is 17.7 Å². The number of benzene rings is 1. The normalized spacial score (nSPS) is 27.2. The van der Waals surface area contributed by atoms with Crippen molar-refractivity contribution in [1.29, 1.82) is 0 Å². The van der Waals surface area contributed by atoms with E-state index in [1.807, 2.05) is 6.07 Å². The van der Waals surface area contributed by atoms with Crippen LogP contribution >= 0.6 is 0 Å². The van der Waals surface area contributed by atoms with Crippen LogP contribution < -0.4 is 11.1 Å². The van der Waals surface area contributed by atoms with Gasteiger partial charge in [0.25, 0.3) is 11.8 Å². The zero-order valence-electron chi connectivity index (χ0n) is 16.7.